The lowest BCUT2D eigenvalue weighted by Crippen LogP contribution is -2.27. The van der Waals surface area contributed by atoms with Gasteiger partial charge < -0.3 is 14.6 Å². The molecule has 0 aromatic heterocycles. The van der Waals surface area contributed by atoms with E-state index in [9.17, 15) is 14.4 Å². The number of hydrogen-bond acceptors (Lipinski definition) is 6. The molecule has 1 unspecified atom stereocenters. The van der Waals surface area contributed by atoms with E-state index >= 15 is 0 Å². The van der Waals surface area contributed by atoms with Gasteiger partial charge in [0.25, 0.3) is 11.1 Å². The molecule has 0 spiro atoms. The van der Waals surface area contributed by atoms with Gasteiger partial charge in [0.2, 0.25) is 0 Å². The molecule has 1 atom stereocenters. The predicted octanol–water partition coefficient (Wildman–Crippen LogP) is 4.44. The van der Waals surface area contributed by atoms with E-state index < -0.39 is 18.0 Å². The zero-order chi connectivity index (χ0) is 21.8. The Hall–Kier alpha value is -2.97. The molecule has 1 N–H and O–H groups in total. The van der Waals surface area contributed by atoms with Gasteiger partial charge in [0.05, 0.1) is 18.6 Å². The lowest BCUT2D eigenvalue weighted by Gasteiger charge is -2.14. The minimum absolute atomic E-state index is 0.0882. The normalized spacial score (nSPS) is 16.1. The van der Waals surface area contributed by atoms with Crippen LogP contribution < -0.4 is 9.47 Å². The number of carboxylic acids is 1. The topological polar surface area (TPSA) is 93.1 Å². The first-order valence-electron chi connectivity index (χ1n) is 8.86. The number of halogens is 1. The minimum atomic E-state index is -1.10. The third-order valence-electron chi connectivity index (χ3n) is 4.30. The van der Waals surface area contributed by atoms with Crippen LogP contribution in [0.15, 0.2) is 47.4 Å². The van der Waals surface area contributed by atoms with E-state index in [1.807, 2.05) is 0 Å². The maximum atomic E-state index is 12.7. The molecule has 30 heavy (non-hydrogen) atoms. The van der Waals surface area contributed by atoms with E-state index in [1.54, 1.807) is 48.5 Å². The van der Waals surface area contributed by atoms with Crippen LogP contribution in [0.5, 0.6) is 11.5 Å². The van der Waals surface area contributed by atoms with Gasteiger partial charge >= 0.3 is 5.97 Å². The number of carboxylic acid groups (broad SMARTS) is 1. The smallest absolute Gasteiger partial charge is 0.344 e. The van der Waals surface area contributed by atoms with Crippen LogP contribution in [0.4, 0.5) is 4.79 Å². The quantitative estimate of drug-likeness (QED) is 0.627. The fourth-order valence-corrected chi connectivity index (χ4v) is 3.73. The Kier molecular flexibility index (Phi) is 6.69. The van der Waals surface area contributed by atoms with Crippen molar-refractivity contribution in [3.05, 3.63) is 63.5 Å². The average molecular weight is 448 g/mol. The molecule has 9 heteroatoms. The Balaban J connectivity index is 1.81. The maximum Gasteiger partial charge on any atom is 0.344 e. The van der Waals surface area contributed by atoms with Crippen molar-refractivity contribution in [1.29, 1.82) is 0 Å². The molecule has 7 nitrogen and oxygen atoms in total. The van der Waals surface area contributed by atoms with Crippen LogP contribution in [0.1, 0.15) is 18.1 Å². The van der Waals surface area contributed by atoms with Crippen molar-refractivity contribution in [2.24, 2.45) is 0 Å². The summed E-state index contributed by atoms with van der Waals surface area (Å²) in [5.41, 5.74) is 1.28. The summed E-state index contributed by atoms with van der Waals surface area (Å²) >= 11 is 6.97. The molecule has 0 radical (unpaired) electrons. The Labute approximate surface area is 182 Å². The molecule has 3 rings (SSSR count). The fraction of sp³-hybridized carbons (Fsp3) is 0.190. The van der Waals surface area contributed by atoms with E-state index in [4.69, 9.17) is 26.2 Å². The van der Waals surface area contributed by atoms with Gasteiger partial charge in [-0.25, -0.2) is 4.79 Å². The van der Waals surface area contributed by atoms with Gasteiger partial charge in [-0.1, -0.05) is 35.9 Å². The highest BCUT2D eigenvalue weighted by Crippen LogP contribution is 2.36. The van der Waals surface area contributed by atoms with Crippen LogP contribution in [-0.4, -0.2) is 40.3 Å². The Bertz CT molecular complexity index is 1040. The average Bonchev–Trinajstić information content (AvgIpc) is 2.97. The SMILES string of the molecule is COc1cc(C=C2SC(=O)N(Cc3ccccc3Cl)C2=O)ccc1OC(C)C(=O)O. The lowest BCUT2D eigenvalue weighted by molar-refractivity contribution is -0.144. The molecule has 1 saturated heterocycles. The molecule has 0 bridgehead atoms. The molecule has 2 amide bonds. The summed E-state index contributed by atoms with van der Waals surface area (Å²) in [6.45, 7) is 1.50. The monoisotopic (exact) mass is 447 g/mol. The summed E-state index contributed by atoms with van der Waals surface area (Å²) in [6.07, 6.45) is 0.524. The lowest BCUT2D eigenvalue weighted by atomic mass is 10.1. The molecule has 1 aliphatic heterocycles. The molecule has 0 aliphatic carbocycles. The number of carbonyl (C=O) groups is 3. The van der Waals surface area contributed by atoms with Crippen molar-refractivity contribution >= 4 is 46.6 Å². The van der Waals surface area contributed by atoms with E-state index in [0.29, 0.717) is 21.9 Å². The number of aliphatic carboxylic acids is 1. The number of amides is 2. The number of methoxy groups -OCH3 is 1. The Morgan fingerprint density at radius 3 is 2.63 bits per heavy atom. The highest BCUT2D eigenvalue weighted by atomic mass is 35.5. The Morgan fingerprint density at radius 1 is 1.23 bits per heavy atom. The van der Waals surface area contributed by atoms with Crippen molar-refractivity contribution in [3.8, 4) is 11.5 Å². The summed E-state index contributed by atoms with van der Waals surface area (Å²) in [4.78, 5) is 37.5. The van der Waals surface area contributed by atoms with Crippen molar-refractivity contribution in [2.75, 3.05) is 7.11 Å². The Morgan fingerprint density at radius 2 is 1.97 bits per heavy atom. The van der Waals surface area contributed by atoms with E-state index in [1.165, 1.54) is 14.0 Å². The first-order chi connectivity index (χ1) is 14.3. The van der Waals surface area contributed by atoms with Gasteiger partial charge in [0.15, 0.2) is 17.6 Å². The van der Waals surface area contributed by atoms with Crippen LogP contribution in [0.25, 0.3) is 6.08 Å². The second-order valence-electron chi connectivity index (χ2n) is 6.37. The van der Waals surface area contributed by atoms with Crippen LogP contribution >= 0.6 is 23.4 Å². The van der Waals surface area contributed by atoms with Gasteiger partial charge in [-0.15, -0.1) is 0 Å². The zero-order valence-corrected chi connectivity index (χ0v) is 17.7. The number of imide groups is 1. The van der Waals surface area contributed by atoms with Crippen LogP contribution in [-0.2, 0) is 16.1 Å². The fourth-order valence-electron chi connectivity index (χ4n) is 2.70. The van der Waals surface area contributed by atoms with Gasteiger partial charge in [-0.05, 0) is 54.1 Å². The summed E-state index contributed by atoms with van der Waals surface area (Å²) in [5.74, 6) is -0.944. The minimum Gasteiger partial charge on any atom is -0.493 e. The number of rotatable bonds is 7. The van der Waals surface area contributed by atoms with Crippen LogP contribution in [0.3, 0.4) is 0 Å². The predicted molar refractivity (Wildman–Crippen MR) is 114 cm³/mol. The van der Waals surface area contributed by atoms with Crippen molar-refractivity contribution < 1.29 is 29.0 Å². The first kappa shape index (κ1) is 21.7. The van der Waals surface area contributed by atoms with Gasteiger partial charge in [-0.3, -0.25) is 14.5 Å². The highest BCUT2D eigenvalue weighted by molar-refractivity contribution is 8.18. The molecular formula is C21H18ClNO6S. The van der Waals surface area contributed by atoms with E-state index in [0.717, 1.165) is 16.7 Å². The van der Waals surface area contributed by atoms with Crippen molar-refractivity contribution in [2.45, 2.75) is 19.6 Å². The number of thioether (sulfide) groups is 1. The molecule has 0 saturated carbocycles. The molecule has 1 fully saturated rings. The molecule has 2 aromatic rings. The summed E-state index contributed by atoms with van der Waals surface area (Å²) in [6, 6.07) is 11.8. The molecular weight excluding hydrogens is 430 g/mol. The summed E-state index contributed by atoms with van der Waals surface area (Å²) < 4.78 is 10.6. The molecule has 2 aromatic carbocycles. The molecule has 1 heterocycles. The van der Waals surface area contributed by atoms with Gasteiger partial charge in [0, 0.05) is 5.02 Å². The van der Waals surface area contributed by atoms with Gasteiger partial charge in [0.1, 0.15) is 0 Å². The van der Waals surface area contributed by atoms with E-state index in [-0.39, 0.29) is 22.4 Å². The van der Waals surface area contributed by atoms with Crippen molar-refractivity contribution in [3.63, 3.8) is 0 Å². The number of benzene rings is 2. The number of hydrogen-bond donors (Lipinski definition) is 1. The van der Waals surface area contributed by atoms with Crippen LogP contribution in [0, 0.1) is 0 Å². The summed E-state index contributed by atoms with van der Waals surface area (Å²) in [7, 11) is 1.43. The third-order valence-corrected chi connectivity index (χ3v) is 5.57. The first-order valence-corrected chi connectivity index (χ1v) is 10.1. The largest absolute Gasteiger partial charge is 0.493 e. The number of ether oxygens (including phenoxy) is 2. The zero-order valence-electron chi connectivity index (χ0n) is 16.1. The number of nitrogens with zero attached hydrogens (tertiary/aromatic N) is 1. The standard InChI is InChI=1S/C21H18ClNO6S/c1-12(20(25)26)29-16-8-7-13(9-17(16)28-2)10-18-19(24)23(21(27)30-18)11-14-5-3-4-6-15(14)22/h3-10,12H,11H2,1-2H3,(H,25,26). The molecule has 1 aliphatic rings. The molecule has 156 valence electrons. The second-order valence-corrected chi connectivity index (χ2v) is 7.77. The van der Waals surface area contributed by atoms with E-state index in [2.05, 4.69) is 0 Å². The third kappa shape index (κ3) is 4.77. The van der Waals surface area contributed by atoms with Crippen molar-refractivity contribution in [1.82, 2.24) is 4.90 Å². The maximum absolute atomic E-state index is 12.7. The number of carbonyl (C=O) groups excluding carboxylic acids is 2. The van der Waals surface area contributed by atoms with Crippen LogP contribution in [0.2, 0.25) is 5.02 Å². The summed E-state index contributed by atoms with van der Waals surface area (Å²) in [5, 5.41) is 9.09. The second kappa shape index (κ2) is 9.23. The van der Waals surface area contributed by atoms with Gasteiger partial charge in [-0.2, -0.15) is 0 Å². The highest BCUT2D eigenvalue weighted by Gasteiger charge is 2.35.